The molecule has 2 amide bonds. The van der Waals surface area contributed by atoms with Gasteiger partial charge in [0.15, 0.2) is 0 Å². The second-order valence-electron chi connectivity index (χ2n) is 7.22. The van der Waals surface area contributed by atoms with Gasteiger partial charge in [-0.05, 0) is 36.0 Å². The smallest absolute Gasteiger partial charge is 0.254 e. The van der Waals surface area contributed by atoms with Crippen molar-refractivity contribution < 1.29 is 9.59 Å². The third-order valence-corrected chi connectivity index (χ3v) is 4.24. The zero-order valence-corrected chi connectivity index (χ0v) is 14.2. The fourth-order valence-corrected chi connectivity index (χ4v) is 2.84. The zero-order valence-electron chi connectivity index (χ0n) is 14.2. The summed E-state index contributed by atoms with van der Waals surface area (Å²) < 4.78 is 0. The van der Waals surface area contributed by atoms with Gasteiger partial charge in [0.2, 0.25) is 5.91 Å². The number of nitrogens with zero attached hydrogens (tertiary/aromatic N) is 2. The number of likely N-dealkylation sites (tertiary alicyclic amines) is 1. The number of carbonyl (C=O) groups excluding carboxylic acids is 2. The van der Waals surface area contributed by atoms with Crippen molar-refractivity contribution in [1.29, 1.82) is 0 Å². The summed E-state index contributed by atoms with van der Waals surface area (Å²) in [4.78, 5) is 28.2. The van der Waals surface area contributed by atoms with E-state index in [1.54, 1.807) is 23.9 Å². The summed E-state index contributed by atoms with van der Waals surface area (Å²) in [5.74, 6) is -0.0321. The number of rotatable bonds is 2. The standard InChI is InChI=1S/C18H26N2O2/c1-18(2,3)14-10-8-13(9-11-14)16(21)20-12-6-7-15(20)17(22)19(4)5/h8-11,15H,6-7,12H2,1-5H3. The molecule has 0 N–H and O–H groups in total. The van der Waals surface area contributed by atoms with Gasteiger partial charge in [-0.1, -0.05) is 32.9 Å². The first-order valence-corrected chi connectivity index (χ1v) is 7.84. The molecule has 0 radical (unpaired) electrons. The molecule has 4 heteroatoms. The van der Waals surface area contributed by atoms with Crippen LogP contribution in [0, 0.1) is 0 Å². The van der Waals surface area contributed by atoms with Gasteiger partial charge in [-0.15, -0.1) is 0 Å². The summed E-state index contributed by atoms with van der Waals surface area (Å²) in [5, 5.41) is 0. The van der Waals surface area contributed by atoms with E-state index < -0.39 is 0 Å². The summed E-state index contributed by atoms with van der Waals surface area (Å²) in [6.45, 7) is 7.10. The van der Waals surface area contributed by atoms with Crippen LogP contribution in [0.4, 0.5) is 0 Å². The van der Waals surface area contributed by atoms with Crippen LogP contribution in [0.2, 0.25) is 0 Å². The molecular formula is C18H26N2O2. The van der Waals surface area contributed by atoms with Gasteiger partial charge in [0, 0.05) is 26.2 Å². The van der Waals surface area contributed by atoms with E-state index in [9.17, 15) is 9.59 Å². The normalized spacial score (nSPS) is 18.4. The van der Waals surface area contributed by atoms with Crippen molar-refractivity contribution in [3.8, 4) is 0 Å². The van der Waals surface area contributed by atoms with Crippen molar-refractivity contribution in [2.75, 3.05) is 20.6 Å². The maximum absolute atomic E-state index is 12.7. The van der Waals surface area contributed by atoms with Crippen LogP contribution in [0.3, 0.4) is 0 Å². The van der Waals surface area contributed by atoms with Crippen LogP contribution in [-0.2, 0) is 10.2 Å². The van der Waals surface area contributed by atoms with E-state index >= 15 is 0 Å². The van der Waals surface area contributed by atoms with Crippen molar-refractivity contribution in [2.24, 2.45) is 0 Å². The lowest BCUT2D eigenvalue weighted by atomic mass is 9.86. The van der Waals surface area contributed by atoms with Gasteiger partial charge in [0.1, 0.15) is 6.04 Å². The van der Waals surface area contributed by atoms with E-state index in [1.165, 1.54) is 5.56 Å². The quantitative estimate of drug-likeness (QED) is 0.843. The molecule has 0 aliphatic carbocycles. The molecule has 1 unspecified atom stereocenters. The van der Waals surface area contributed by atoms with E-state index in [0.717, 1.165) is 12.8 Å². The van der Waals surface area contributed by atoms with Gasteiger partial charge in [0.25, 0.3) is 5.91 Å². The molecule has 1 saturated heterocycles. The minimum absolute atomic E-state index is 0.0113. The van der Waals surface area contributed by atoms with Gasteiger partial charge >= 0.3 is 0 Å². The highest BCUT2D eigenvalue weighted by molar-refractivity contribution is 5.97. The number of benzene rings is 1. The lowest BCUT2D eigenvalue weighted by molar-refractivity contribution is -0.132. The second kappa shape index (κ2) is 6.11. The molecule has 0 bridgehead atoms. The van der Waals surface area contributed by atoms with Crippen molar-refractivity contribution >= 4 is 11.8 Å². The van der Waals surface area contributed by atoms with Crippen molar-refractivity contribution in [3.05, 3.63) is 35.4 Å². The molecule has 120 valence electrons. The molecule has 1 aromatic carbocycles. The van der Waals surface area contributed by atoms with Gasteiger partial charge in [-0.25, -0.2) is 0 Å². The minimum Gasteiger partial charge on any atom is -0.347 e. The average molecular weight is 302 g/mol. The number of carbonyl (C=O) groups is 2. The maximum Gasteiger partial charge on any atom is 0.254 e. The molecule has 2 rings (SSSR count). The van der Waals surface area contributed by atoms with Crippen LogP contribution in [-0.4, -0.2) is 48.3 Å². The van der Waals surface area contributed by atoms with E-state index in [0.29, 0.717) is 12.1 Å². The minimum atomic E-state index is -0.315. The van der Waals surface area contributed by atoms with Crippen molar-refractivity contribution in [3.63, 3.8) is 0 Å². The number of likely N-dealkylation sites (N-methyl/N-ethyl adjacent to an activating group) is 1. The second-order valence-corrected chi connectivity index (χ2v) is 7.22. The maximum atomic E-state index is 12.7. The SMILES string of the molecule is CN(C)C(=O)C1CCCN1C(=O)c1ccc(C(C)(C)C)cc1. The monoisotopic (exact) mass is 302 g/mol. The third-order valence-electron chi connectivity index (χ3n) is 4.24. The summed E-state index contributed by atoms with van der Waals surface area (Å²) in [6.07, 6.45) is 1.64. The molecule has 4 nitrogen and oxygen atoms in total. The van der Waals surface area contributed by atoms with E-state index in [-0.39, 0.29) is 23.3 Å². The Bertz CT molecular complexity index is 555. The molecule has 1 atom stereocenters. The fraction of sp³-hybridized carbons (Fsp3) is 0.556. The number of hydrogen-bond acceptors (Lipinski definition) is 2. The predicted molar refractivity (Wildman–Crippen MR) is 87.9 cm³/mol. The predicted octanol–water partition coefficient (Wildman–Crippen LogP) is 2.68. The molecule has 1 aromatic rings. The van der Waals surface area contributed by atoms with Crippen molar-refractivity contribution in [2.45, 2.75) is 45.1 Å². The van der Waals surface area contributed by atoms with Crippen LogP contribution >= 0.6 is 0 Å². The molecule has 0 saturated carbocycles. The van der Waals surface area contributed by atoms with Gasteiger partial charge in [-0.2, -0.15) is 0 Å². The first kappa shape index (κ1) is 16.5. The Labute approximate surface area is 133 Å². The summed E-state index contributed by atoms with van der Waals surface area (Å²) in [6, 6.07) is 7.44. The van der Waals surface area contributed by atoms with E-state index in [1.807, 2.05) is 24.3 Å². The highest BCUT2D eigenvalue weighted by Crippen LogP contribution is 2.25. The lowest BCUT2D eigenvalue weighted by Gasteiger charge is -2.26. The summed E-state index contributed by atoms with van der Waals surface area (Å²) in [5.41, 5.74) is 1.93. The van der Waals surface area contributed by atoms with Crippen LogP contribution < -0.4 is 0 Å². The molecule has 1 heterocycles. The Morgan fingerprint density at radius 1 is 1.14 bits per heavy atom. The van der Waals surface area contributed by atoms with Crippen LogP contribution in [0.25, 0.3) is 0 Å². The largest absolute Gasteiger partial charge is 0.347 e. The Morgan fingerprint density at radius 2 is 1.73 bits per heavy atom. The van der Waals surface area contributed by atoms with Crippen LogP contribution in [0.1, 0.15) is 49.5 Å². The van der Waals surface area contributed by atoms with E-state index in [4.69, 9.17) is 0 Å². The van der Waals surface area contributed by atoms with Crippen LogP contribution in [0.15, 0.2) is 24.3 Å². The van der Waals surface area contributed by atoms with Gasteiger partial charge in [0.05, 0.1) is 0 Å². The topological polar surface area (TPSA) is 40.6 Å². The molecule has 1 fully saturated rings. The van der Waals surface area contributed by atoms with Crippen LogP contribution in [0.5, 0.6) is 0 Å². The molecule has 1 aliphatic rings. The molecule has 1 aliphatic heterocycles. The lowest BCUT2D eigenvalue weighted by Crippen LogP contribution is -2.45. The Hall–Kier alpha value is -1.84. The first-order valence-electron chi connectivity index (χ1n) is 7.84. The Balaban J connectivity index is 2.19. The number of amides is 2. The highest BCUT2D eigenvalue weighted by atomic mass is 16.2. The first-order chi connectivity index (χ1) is 10.2. The Morgan fingerprint density at radius 3 is 2.23 bits per heavy atom. The number of hydrogen-bond donors (Lipinski definition) is 0. The van der Waals surface area contributed by atoms with E-state index in [2.05, 4.69) is 20.8 Å². The molecule has 22 heavy (non-hydrogen) atoms. The third kappa shape index (κ3) is 3.32. The van der Waals surface area contributed by atoms with Gasteiger partial charge in [-0.3, -0.25) is 9.59 Å². The summed E-state index contributed by atoms with van der Waals surface area (Å²) >= 11 is 0. The summed E-state index contributed by atoms with van der Waals surface area (Å²) in [7, 11) is 3.48. The van der Waals surface area contributed by atoms with Gasteiger partial charge < -0.3 is 9.80 Å². The zero-order chi connectivity index (χ0) is 16.5. The average Bonchev–Trinajstić information content (AvgIpc) is 2.94. The molecule has 0 spiro atoms. The molecular weight excluding hydrogens is 276 g/mol. The fourth-order valence-electron chi connectivity index (χ4n) is 2.84. The molecule has 0 aromatic heterocycles. The van der Waals surface area contributed by atoms with Crippen molar-refractivity contribution in [1.82, 2.24) is 9.80 Å². The highest BCUT2D eigenvalue weighted by Gasteiger charge is 2.35. The Kier molecular flexibility index (Phi) is 4.59.